The SMILES string of the molecule is COc1ccc(C(C)C)cc1S(=O)(=O)N1CCC(C(=O)Nc2cccc(NC(C)=O)c2)CC1. The maximum absolute atomic E-state index is 13.3. The lowest BCUT2D eigenvalue weighted by Gasteiger charge is -2.31. The molecule has 0 atom stereocenters. The summed E-state index contributed by atoms with van der Waals surface area (Å²) in [5.74, 6) is -0.152. The summed E-state index contributed by atoms with van der Waals surface area (Å²) < 4.78 is 33.4. The van der Waals surface area contributed by atoms with E-state index < -0.39 is 10.0 Å². The average Bonchev–Trinajstić information content (AvgIpc) is 2.78. The van der Waals surface area contributed by atoms with Gasteiger partial charge in [-0.2, -0.15) is 4.31 Å². The molecular weight excluding hydrogens is 442 g/mol. The van der Waals surface area contributed by atoms with Crippen LogP contribution < -0.4 is 15.4 Å². The summed E-state index contributed by atoms with van der Waals surface area (Å²) in [6.07, 6.45) is 0.839. The molecule has 8 nitrogen and oxygen atoms in total. The number of nitrogens with one attached hydrogen (secondary N) is 2. The van der Waals surface area contributed by atoms with Crippen LogP contribution in [0.1, 0.15) is 45.1 Å². The molecule has 1 fully saturated rings. The zero-order valence-corrected chi connectivity index (χ0v) is 20.2. The van der Waals surface area contributed by atoms with Crippen LogP contribution in [-0.2, 0) is 19.6 Å². The van der Waals surface area contributed by atoms with Crippen LogP contribution in [0, 0.1) is 5.92 Å². The molecule has 2 aromatic carbocycles. The Balaban J connectivity index is 1.67. The molecule has 0 aromatic heterocycles. The number of piperidine rings is 1. The number of carbonyl (C=O) groups is 2. The van der Waals surface area contributed by atoms with Crippen LogP contribution in [0.3, 0.4) is 0 Å². The van der Waals surface area contributed by atoms with E-state index in [4.69, 9.17) is 4.74 Å². The molecule has 2 amide bonds. The van der Waals surface area contributed by atoms with Crippen molar-refractivity contribution in [3.8, 4) is 5.75 Å². The summed E-state index contributed by atoms with van der Waals surface area (Å²) in [5.41, 5.74) is 2.10. The van der Waals surface area contributed by atoms with Crippen molar-refractivity contribution in [3.63, 3.8) is 0 Å². The molecule has 0 bridgehead atoms. The third-order valence-electron chi connectivity index (χ3n) is 5.75. The van der Waals surface area contributed by atoms with Gasteiger partial charge in [-0.05, 0) is 54.7 Å². The van der Waals surface area contributed by atoms with E-state index in [0.717, 1.165) is 5.56 Å². The summed E-state index contributed by atoms with van der Waals surface area (Å²) in [4.78, 5) is 24.2. The second-order valence-corrected chi connectivity index (χ2v) is 10.4. The van der Waals surface area contributed by atoms with E-state index in [1.807, 2.05) is 19.9 Å². The van der Waals surface area contributed by atoms with Crippen molar-refractivity contribution < 1.29 is 22.7 Å². The van der Waals surface area contributed by atoms with Crippen molar-refractivity contribution in [2.24, 2.45) is 5.92 Å². The van der Waals surface area contributed by atoms with Gasteiger partial charge in [0.05, 0.1) is 7.11 Å². The highest BCUT2D eigenvalue weighted by Crippen LogP contribution is 2.32. The molecule has 0 unspecified atom stereocenters. The van der Waals surface area contributed by atoms with Crippen molar-refractivity contribution in [1.29, 1.82) is 0 Å². The van der Waals surface area contributed by atoms with Gasteiger partial charge in [0.25, 0.3) is 0 Å². The van der Waals surface area contributed by atoms with Gasteiger partial charge in [0, 0.05) is 37.3 Å². The maximum Gasteiger partial charge on any atom is 0.246 e. The van der Waals surface area contributed by atoms with E-state index in [-0.39, 0.29) is 41.6 Å². The van der Waals surface area contributed by atoms with E-state index in [1.165, 1.54) is 18.3 Å². The summed E-state index contributed by atoms with van der Waals surface area (Å²) in [6, 6.07) is 12.2. The lowest BCUT2D eigenvalue weighted by Crippen LogP contribution is -2.41. The molecular formula is C24H31N3O5S. The fourth-order valence-electron chi connectivity index (χ4n) is 3.87. The summed E-state index contributed by atoms with van der Waals surface area (Å²) in [6.45, 7) is 5.94. The van der Waals surface area contributed by atoms with Crippen molar-refractivity contribution in [1.82, 2.24) is 4.31 Å². The number of amides is 2. The van der Waals surface area contributed by atoms with Crippen LogP contribution in [-0.4, -0.2) is 44.7 Å². The number of anilines is 2. The molecule has 1 saturated heterocycles. The minimum atomic E-state index is -3.75. The largest absolute Gasteiger partial charge is 0.495 e. The Morgan fingerprint density at radius 3 is 2.24 bits per heavy atom. The first-order chi connectivity index (χ1) is 15.6. The van der Waals surface area contributed by atoms with Gasteiger partial charge < -0.3 is 15.4 Å². The minimum absolute atomic E-state index is 0.161. The van der Waals surface area contributed by atoms with Crippen molar-refractivity contribution in [3.05, 3.63) is 48.0 Å². The zero-order valence-electron chi connectivity index (χ0n) is 19.4. The van der Waals surface area contributed by atoms with Gasteiger partial charge in [-0.1, -0.05) is 26.0 Å². The number of rotatable bonds is 7. The first kappa shape index (κ1) is 24.7. The predicted octanol–water partition coefficient (Wildman–Crippen LogP) is 3.82. The molecule has 0 spiro atoms. The molecule has 0 aliphatic carbocycles. The fraction of sp³-hybridized carbons (Fsp3) is 0.417. The van der Waals surface area contributed by atoms with E-state index in [9.17, 15) is 18.0 Å². The molecule has 178 valence electrons. The van der Waals surface area contributed by atoms with E-state index in [1.54, 1.807) is 36.4 Å². The summed E-state index contributed by atoms with van der Waals surface area (Å²) in [5, 5.41) is 5.55. The smallest absolute Gasteiger partial charge is 0.246 e. The first-order valence-corrected chi connectivity index (χ1v) is 12.4. The molecule has 0 radical (unpaired) electrons. The lowest BCUT2D eigenvalue weighted by atomic mass is 9.97. The van der Waals surface area contributed by atoms with E-state index >= 15 is 0 Å². The number of hydrogen-bond acceptors (Lipinski definition) is 5. The van der Waals surface area contributed by atoms with Crippen LogP contribution in [0.4, 0.5) is 11.4 Å². The number of nitrogens with zero attached hydrogens (tertiary/aromatic N) is 1. The lowest BCUT2D eigenvalue weighted by molar-refractivity contribution is -0.121. The second kappa shape index (κ2) is 10.4. The molecule has 1 aliphatic heterocycles. The Morgan fingerprint density at radius 2 is 1.67 bits per heavy atom. The molecule has 2 N–H and O–H groups in total. The normalized spacial score (nSPS) is 15.3. The Morgan fingerprint density at radius 1 is 1.03 bits per heavy atom. The third-order valence-corrected chi connectivity index (χ3v) is 7.67. The second-order valence-electron chi connectivity index (χ2n) is 8.49. The number of sulfonamides is 1. The van der Waals surface area contributed by atoms with Crippen molar-refractivity contribution in [2.45, 2.75) is 44.4 Å². The standard InChI is InChI=1S/C24H31N3O5S/c1-16(2)19-8-9-22(32-4)23(14-19)33(30,31)27-12-10-18(11-13-27)24(29)26-21-7-5-6-20(15-21)25-17(3)28/h5-9,14-16,18H,10-13H2,1-4H3,(H,25,28)(H,26,29). The van der Waals surface area contributed by atoms with Crippen molar-refractivity contribution in [2.75, 3.05) is 30.8 Å². The van der Waals surface area contributed by atoms with Crippen LogP contribution >= 0.6 is 0 Å². The van der Waals surface area contributed by atoms with Gasteiger partial charge >= 0.3 is 0 Å². The summed E-state index contributed by atoms with van der Waals surface area (Å²) in [7, 11) is -2.29. The highest BCUT2D eigenvalue weighted by Gasteiger charge is 2.34. The van der Waals surface area contributed by atoms with E-state index in [2.05, 4.69) is 10.6 Å². The molecule has 33 heavy (non-hydrogen) atoms. The van der Waals surface area contributed by atoms with Crippen LogP contribution in [0.25, 0.3) is 0 Å². The van der Waals surface area contributed by atoms with Crippen LogP contribution in [0.2, 0.25) is 0 Å². The number of carbonyl (C=O) groups excluding carboxylic acids is 2. The third kappa shape index (κ3) is 5.91. The monoisotopic (exact) mass is 473 g/mol. The highest BCUT2D eigenvalue weighted by molar-refractivity contribution is 7.89. The number of ether oxygens (including phenoxy) is 1. The Bertz CT molecular complexity index is 1120. The van der Waals surface area contributed by atoms with Crippen molar-refractivity contribution >= 4 is 33.2 Å². The van der Waals surface area contributed by atoms with Gasteiger partial charge in [0.15, 0.2) is 0 Å². The number of benzene rings is 2. The Kier molecular flexibility index (Phi) is 7.76. The minimum Gasteiger partial charge on any atom is -0.495 e. The molecule has 2 aromatic rings. The van der Waals surface area contributed by atoms with Crippen LogP contribution in [0.15, 0.2) is 47.4 Å². The summed E-state index contributed by atoms with van der Waals surface area (Å²) >= 11 is 0. The Labute approximate surface area is 195 Å². The number of hydrogen-bond donors (Lipinski definition) is 2. The Hall–Kier alpha value is -2.91. The maximum atomic E-state index is 13.3. The molecule has 1 aliphatic rings. The van der Waals surface area contributed by atoms with Gasteiger partial charge in [-0.3, -0.25) is 9.59 Å². The average molecular weight is 474 g/mol. The highest BCUT2D eigenvalue weighted by atomic mass is 32.2. The molecule has 9 heteroatoms. The van der Waals surface area contributed by atoms with Gasteiger partial charge in [-0.25, -0.2) is 8.42 Å². The predicted molar refractivity (Wildman–Crippen MR) is 128 cm³/mol. The fourth-order valence-corrected chi connectivity index (χ4v) is 5.53. The van der Waals surface area contributed by atoms with E-state index in [0.29, 0.717) is 30.0 Å². The first-order valence-electron chi connectivity index (χ1n) is 11.0. The number of methoxy groups -OCH3 is 1. The zero-order chi connectivity index (χ0) is 24.2. The van der Waals surface area contributed by atoms with Crippen LogP contribution in [0.5, 0.6) is 5.75 Å². The molecule has 1 heterocycles. The van der Waals surface area contributed by atoms with Gasteiger partial charge in [0.2, 0.25) is 21.8 Å². The van der Waals surface area contributed by atoms with Gasteiger partial charge in [0.1, 0.15) is 10.6 Å². The molecule has 0 saturated carbocycles. The van der Waals surface area contributed by atoms with Gasteiger partial charge in [-0.15, -0.1) is 0 Å². The molecule has 3 rings (SSSR count). The topological polar surface area (TPSA) is 105 Å². The quantitative estimate of drug-likeness (QED) is 0.636.